The third-order valence-electron chi connectivity index (χ3n) is 3.54. The molecule has 4 heteroatoms. The van der Waals surface area contributed by atoms with Gasteiger partial charge in [0.25, 0.3) is 0 Å². The minimum absolute atomic E-state index is 0.238. The van der Waals surface area contributed by atoms with E-state index < -0.39 is 0 Å². The molecular weight excluding hydrogens is 232 g/mol. The Hall–Kier alpha value is -1.13. The highest BCUT2D eigenvalue weighted by atomic mass is 32.1. The summed E-state index contributed by atoms with van der Waals surface area (Å²) in [6, 6.07) is 6.77. The van der Waals surface area contributed by atoms with Gasteiger partial charge in [-0.25, -0.2) is 0 Å². The van der Waals surface area contributed by atoms with Gasteiger partial charge in [0.2, 0.25) is 0 Å². The second kappa shape index (κ2) is 3.96. The van der Waals surface area contributed by atoms with Gasteiger partial charge in [0.1, 0.15) is 0 Å². The van der Waals surface area contributed by atoms with Gasteiger partial charge in [-0.2, -0.15) is 0 Å². The fourth-order valence-electron chi connectivity index (χ4n) is 2.63. The number of aryl methyl sites for hydroxylation is 1. The number of H-pyrrole nitrogens is 1. The lowest BCUT2D eigenvalue weighted by atomic mass is 10.1. The first kappa shape index (κ1) is 11.0. The van der Waals surface area contributed by atoms with E-state index in [-0.39, 0.29) is 6.10 Å². The molecule has 0 spiro atoms. The highest BCUT2D eigenvalue weighted by Crippen LogP contribution is 2.30. The Bertz CT molecular complexity index is 613. The normalized spacial score (nSPS) is 24.6. The molecule has 0 aliphatic carbocycles. The molecule has 2 aromatic rings. The van der Waals surface area contributed by atoms with Crippen LogP contribution in [0.5, 0.6) is 0 Å². The molecule has 17 heavy (non-hydrogen) atoms. The average molecular weight is 248 g/mol. The van der Waals surface area contributed by atoms with Gasteiger partial charge in [-0.05, 0) is 50.2 Å². The third-order valence-corrected chi connectivity index (χ3v) is 3.84. The van der Waals surface area contributed by atoms with Crippen molar-refractivity contribution < 1.29 is 4.74 Å². The van der Waals surface area contributed by atoms with E-state index in [1.165, 1.54) is 11.1 Å². The maximum absolute atomic E-state index is 5.64. The van der Waals surface area contributed by atoms with Crippen LogP contribution in [0.4, 0.5) is 0 Å². The molecule has 90 valence electrons. The second-order valence-electron chi connectivity index (χ2n) is 4.75. The lowest BCUT2D eigenvalue weighted by molar-refractivity contribution is 0.108. The van der Waals surface area contributed by atoms with Crippen LogP contribution in [-0.2, 0) is 4.74 Å². The first-order valence-electron chi connectivity index (χ1n) is 5.99. The van der Waals surface area contributed by atoms with Crippen LogP contribution < -0.4 is 0 Å². The summed E-state index contributed by atoms with van der Waals surface area (Å²) in [7, 11) is 0. The Morgan fingerprint density at radius 3 is 3.00 bits per heavy atom. The molecule has 1 aromatic heterocycles. The first-order chi connectivity index (χ1) is 8.16. The van der Waals surface area contributed by atoms with Crippen molar-refractivity contribution in [2.45, 2.75) is 32.4 Å². The topological polar surface area (TPSA) is 29.9 Å². The molecule has 3 rings (SSSR count). The van der Waals surface area contributed by atoms with Gasteiger partial charge >= 0.3 is 0 Å². The molecule has 2 unspecified atom stereocenters. The van der Waals surface area contributed by atoms with Crippen LogP contribution in [0.1, 0.15) is 24.9 Å². The Labute approximate surface area is 105 Å². The number of nitrogens with one attached hydrogen (secondary N) is 1. The monoisotopic (exact) mass is 248 g/mol. The Morgan fingerprint density at radius 2 is 2.29 bits per heavy atom. The summed E-state index contributed by atoms with van der Waals surface area (Å²) < 4.78 is 8.64. The van der Waals surface area contributed by atoms with E-state index in [0.717, 1.165) is 23.3 Å². The van der Waals surface area contributed by atoms with Crippen LogP contribution in [0, 0.1) is 11.7 Å². The Morgan fingerprint density at radius 1 is 1.47 bits per heavy atom. The molecule has 1 aliphatic rings. The highest BCUT2D eigenvalue weighted by molar-refractivity contribution is 7.71. The SMILES string of the molecule is Cc1ccc2c(c1)[nH]c(=S)n2C1CCOC1C. The molecule has 1 saturated heterocycles. The number of ether oxygens (including phenoxy) is 1. The van der Waals surface area contributed by atoms with E-state index >= 15 is 0 Å². The number of imidazole rings is 1. The van der Waals surface area contributed by atoms with Crippen molar-refractivity contribution in [3.05, 3.63) is 28.5 Å². The largest absolute Gasteiger partial charge is 0.376 e. The first-order valence-corrected chi connectivity index (χ1v) is 6.40. The van der Waals surface area contributed by atoms with Gasteiger partial charge < -0.3 is 14.3 Å². The average Bonchev–Trinajstić information content (AvgIpc) is 2.80. The van der Waals surface area contributed by atoms with Crippen LogP contribution in [0.15, 0.2) is 18.2 Å². The maximum Gasteiger partial charge on any atom is 0.178 e. The van der Waals surface area contributed by atoms with Crippen molar-refractivity contribution in [3.63, 3.8) is 0 Å². The van der Waals surface area contributed by atoms with Gasteiger partial charge in [0.15, 0.2) is 4.77 Å². The minimum Gasteiger partial charge on any atom is -0.376 e. The summed E-state index contributed by atoms with van der Waals surface area (Å²) in [5.74, 6) is 0. The number of aromatic nitrogens is 2. The summed E-state index contributed by atoms with van der Waals surface area (Å²) in [6.45, 7) is 5.04. The number of hydrogen-bond acceptors (Lipinski definition) is 2. The standard InChI is InChI=1S/C13H16N2OS/c1-8-3-4-12-10(7-8)14-13(17)15(12)11-5-6-16-9(11)2/h3-4,7,9,11H,5-6H2,1-2H3,(H,14,17). The molecule has 0 amide bonds. The zero-order valence-corrected chi connectivity index (χ0v) is 10.9. The second-order valence-corrected chi connectivity index (χ2v) is 5.14. The summed E-state index contributed by atoms with van der Waals surface area (Å²) in [5, 5.41) is 0. The fourth-order valence-corrected chi connectivity index (χ4v) is 2.98. The van der Waals surface area contributed by atoms with Crippen LogP contribution in [-0.4, -0.2) is 22.3 Å². The van der Waals surface area contributed by atoms with Gasteiger partial charge in [-0.3, -0.25) is 0 Å². The lowest BCUT2D eigenvalue weighted by Crippen LogP contribution is -2.16. The van der Waals surface area contributed by atoms with Crippen molar-refractivity contribution in [3.8, 4) is 0 Å². The van der Waals surface area contributed by atoms with Gasteiger partial charge in [-0.15, -0.1) is 0 Å². The van der Waals surface area contributed by atoms with Crippen LogP contribution in [0.3, 0.4) is 0 Å². The van der Waals surface area contributed by atoms with Gasteiger partial charge in [0, 0.05) is 6.61 Å². The number of hydrogen-bond donors (Lipinski definition) is 1. The highest BCUT2D eigenvalue weighted by Gasteiger charge is 2.27. The van der Waals surface area contributed by atoms with E-state index in [4.69, 9.17) is 17.0 Å². The van der Waals surface area contributed by atoms with Crippen molar-refractivity contribution in [2.24, 2.45) is 0 Å². The molecule has 1 aliphatic heterocycles. The van der Waals surface area contributed by atoms with Crippen LogP contribution in [0.2, 0.25) is 0 Å². The fraction of sp³-hybridized carbons (Fsp3) is 0.462. The summed E-state index contributed by atoms with van der Waals surface area (Å²) in [5.41, 5.74) is 3.55. The van der Waals surface area contributed by atoms with E-state index in [2.05, 4.69) is 41.6 Å². The molecule has 0 bridgehead atoms. The van der Waals surface area contributed by atoms with Crippen molar-refractivity contribution in [2.75, 3.05) is 6.61 Å². The van der Waals surface area contributed by atoms with Crippen molar-refractivity contribution in [1.29, 1.82) is 0 Å². The van der Waals surface area contributed by atoms with Crippen LogP contribution in [0.25, 0.3) is 11.0 Å². The number of aromatic amines is 1. The van der Waals surface area contributed by atoms with Gasteiger partial charge in [-0.1, -0.05) is 6.07 Å². The molecule has 2 heterocycles. The molecule has 0 saturated carbocycles. The third kappa shape index (κ3) is 1.72. The molecule has 0 radical (unpaired) electrons. The molecule has 1 aromatic carbocycles. The number of rotatable bonds is 1. The summed E-state index contributed by atoms with van der Waals surface area (Å²) in [4.78, 5) is 3.29. The quantitative estimate of drug-likeness (QED) is 0.784. The molecular formula is C13H16N2OS. The minimum atomic E-state index is 0.238. The van der Waals surface area contributed by atoms with E-state index in [1.54, 1.807) is 0 Å². The van der Waals surface area contributed by atoms with E-state index in [1.807, 2.05) is 0 Å². The molecule has 2 atom stereocenters. The van der Waals surface area contributed by atoms with Gasteiger partial charge in [0.05, 0.1) is 23.2 Å². The van der Waals surface area contributed by atoms with Crippen LogP contribution >= 0.6 is 12.2 Å². The van der Waals surface area contributed by atoms with Crippen molar-refractivity contribution >= 4 is 23.3 Å². The zero-order chi connectivity index (χ0) is 12.0. The lowest BCUT2D eigenvalue weighted by Gasteiger charge is -2.16. The number of nitrogens with zero attached hydrogens (tertiary/aromatic N) is 1. The predicted molar refractivity (Wildman–Crippen MR) is 70.9 cm³/mol. The number of benzene rings is 1. The van der Waals surface area contributed by atoms with E-state index in [9.17, 15) is 0 Å². The summed E-state index contributed by atoms with van der Waals surface area (Å²) >= 11 is 5.44. The van der Waals surface area contributed by atoms with E-state index in [0.29, 0.717) is 6.04 Å². The Kier molecular flexibility index (Phi) is 2.56. The maximum atomic E-state index is 5.64. The molecule has 1 N–H and O–H groups in total. The van der Waals surface area contributed by atoms with Crippen molar-refractivity contribution in [1.82, 2.24) is 9.55 Å². The predicted octanol–water partition coefficient (Wildman–Crippen LogP) is 3.36. The zero-order valence-electron chi connectivity index (χ0n) is 10.1. The molecule has 1 fully saturated rings. The smallest absolute Gasteiger partial charge is 0.178 e. The summed E-state index contributed by atoms with van der Waals surface area (Å²) in [6.07, 6.45) is 1.28. The number of fused-ring (bicyclic) bond motifs is 1. The molecule has 3 nitrogen and oxygen atoms in total. The Balaban J connectivity index is 2.22.